The van der Waals surface area contributed by atoms with Crippen LogP contribution in [-0.4, -0.2) is 11.7 Å². The molecule has 0 atom stereocenters. The van der Waals surface area contributed by atoms with Gasteiger partial charge in [-0.25, -0.2) is 0 Å². The molecule has 106 valence electrons. The molecule has 1 nitrogen and oxygen atoms in total. The van der Waals surface area contributed by atoms with Crippen LogP contribution in [0.15, 0.2) is 17.7 Å². The monoisotopic (exact) mass is 278 g/mol. The van der Waals surface area contributed by atoms with E-state index in [1.807, 2.05) is 11.3 Å². The number of hydrogen-bond donors (Lipinski definition) is 1. The zero-order valence-electron chi connectivity index (χ0n) is 12.4. The van der Waals surface area contributed by atoms with Crippen LogP contribution in [0.2, 0.25) is 0 Å². The molecule has 1 fully saturated rings. The first-order valence-corrected chi connectivity index (χ1v) is 8.24. The van der Waals surface area contributed by atoms with Crippen LogP contribution >= 0.6 is 11.3 Å². The first-order valence-electron chi connectivity index (χ1n) is 7.42. The average Bonchev–Trinajstić information content (AvgIpc) is 2.85. The molecule has 1 aliphatic rings. The molecule has 0 aromatic carbocycles. The van der Waals surface area contributed by atoms with E-state index in [4.69, 9.17) is 0 Å². The largest absolute Gasteiger partial charge is 0.392 e. The summed E-state index contributed by atoms with van der Waals surface area (Å²) < 4.78 is 0. The Morgan fingerprint density at radius 1 is 1.26 bits per heavy atom. The molecule has 1 aromatic rings. The van der Waals surface area contributed by atoms with Crippen LogP contribution in [0.3, 0.4) is 0 Å². The molecule has 1 heterocycles. The van der Waals surface area contributed by atoms with Gasteiger partial charge in [0.05, 0.1) is 6.61 Å². The highest BCUT2D eigenvalue weighted by atomic mass is 32.1. The van der Waals surface area contributed by atoms with Crippen molar-refractivity contribution in [3.05, 3.63) is 27.5 Å². The number of thiophene rings is 1. The van der Waals surface area contributed by atoms with Crippen LogP contribution < -0.4 is 0 Å². The molecule has 0 bridgehead atoms. The molecule has 2 rings (SSSR count). The first-order chi connectivity index (χ1) is 9.00. The zero-order valence-corrected chi connectivity index (χ0v) is 13.2. The number of rotatable bonds is 3. The molecule has 1 saturated carbocycles. The molecule has 0 spiro atoms. The molecule has 0 saturated heterocycles. The lowest BCUT2D eigenvalue weighted by Gasteiger charge is -2.23. The molecule has 0 amide bonds. The smallest absolute Gasteiger partial charge is 0.0648 e. The molecular weight excluding hydrogens is 252 g/mol. The Labute approximate surface area is 121 Å². The third-order valence-electron chi connectivity index (χ3n) is 4.01. The number of aliphatic hydroxyl groups is 1. The zero-order chi connectivity index (χ0) is 13.9. The van der Waals surface area contributed by atoms with Crippen molar-refractivity contribution in [3.63, 3.8) is 0 Å². The summed E-state index contributed by atoms with van der Waals surface area (Å²) in [7, 11) is 0. The van der Waals surface area contributed by atoms with Crippen molar-refractivity contribution in [2.45, 2.75) is 58.3 Å². The highest BCUT2D eigenvalue weighted by Gasteiger charge is 2.19. The lowest BCUT2D eigenvalue weighted by atomic mass is 9.84. The Balaban J connectivity index is 2.15. The van der Waals surface area contributed by atoms with Crippen LogP contribution in [0, 0.1) is 5.92 Å². The summed E-state index contributed by atoms with van der Waals surface area (Å²) in [5, 5.41) is 9.64. The Hall–Kier alpha value is -0.600. The summed E-state index contributed by atoms with van der Waals surface area (Å²) >= 11 is 1.86. The van der Waals surface area contributed by atoms with Crippen LogP contribution in [-0.2, 0) is 5.41 Å². The van der Waals surface area contributed by atoms with Crippen molar-refractivity contribution in [3.8, 4) is 0 Å². The second-order valence-electron chi connectivity index (χ2n) is 6.66. The van der Waals surface area contributed by atoms with E-state index in [0.29, 0.717) is 5.92 Å². The topological polar surface area (TPSA) is 20.2 Å². The van der Waals surface area contributed by atoms with E-state index in [0.717, 1.165) is 0 Å². The fourth-order valence-electron chi connectivity index (χ4n) is 2.78. The molecule has 1 N–H and O–H groups in total. The van der Waals surface area contributed by atoms with Gasteiger partial charge in [-0.3, -0.25) is 0 Å². The van der Waals surface area contributed by atoms with Gasteiger partial charge in [-0.05, 0) is 48.0 Å². The Morgan fingerprint density at radius 3 is 2.47 bits per heavy atom. The summed E-state index contributed by atoms with van der Waals surface area (Å²) in [4.78, 5) is 2.71. The van der Waals surface area contributed by atoms with Crippen LogP contribution in [0.25, 0.3) is 6.08 Å². The van der Waals surface area contributed by atoms with E-state index < -0.39 is 0 Å². The molecule has 19 heavy (non-hydrogen) atoms. The summed E-state index contributed by atoms with van der Waals surface area (Å²) in [6.07, 6.45) is 8.74. The second kappa shape index (κ2) is 6.23. The van der Waals surface area contributed by atoms with Gasteiger partial charge in [-0.15, -0.1) is 11.3 Å². The lowest BCUT2D eigenvalue weighted by molar-refractivity contribution is 0.295. The maximum atomic E-state index is 9.64. The van der Waals surface area contributed by atoms with Gasteiger partial charge < -0.3 is 5.11 Å². The maximum absolute atomic E-state index is 9.64. The van der Waals surface area contributed by atoms with E-state index in [1.165, 1.54) is 47.4 Å². The Bertz CT molecular complexity index is 430. The minimum atomic E-state index is 0.216. The van der Waals surface area contributed by atoms with E-state index in [1.54, 1.807) is 0 Å². The van der Waals surface area contributed by atoms with Crippen molar-refractivity contribution < 1.29 is 5.11 Å². The van der Waals surface area contributed by atoms with Crippen molar-refractivity contribution >= 4 is 17.4 Å². The first kappa shape index (κ1) is 14.8. The predicted molar refractivity (Wildman–Crippen MR) is 84.7 cm³/mol. The van der Waals surface area contributed by atoms with Gasteiger partial charge in [0, 0.05) is 9.75 Å². The molecule has 0 unspecified atom stereocenters. The molecule has 0 radical (unpaired) electrons. The average molecular weight is 278 g/mol. The Morgan fingerprint density at radius 2 is 1.95 bits per heavy atom. The van der Waals surface area contributed by atoms with E-state index in [2.05, 4.69) is 39.0 Å². The third kappa shape index (κ3) is 3.93. The van der Waals surface area contributed by atoms with Gasteiger partial charge in [-0.2, -0.15) is 0 Å². The Kier molecular flexibility index (Phi) is 4.86. The third-order valence-corrected chi connectivity index (χ3v) is 5.46. The highest BCUT2D eigenvalue weighted by molar-refractivity contribution is 7.13. The SMILES string of the molecule is CC(C)(C)c1ccc(/C=C(/CO)C2CCCCC2)s1. The van der Waals surface area contributed by atoms with E-state index in [-0.39, 0.29) is 12.0 Å². The predicted octanol–water partition coefficient (Wildman–Crippen LogP) is 5.00. The lowest BCUT2D eigenvalue weighted by Crippen LogP contribution is -2.11. The van der Waals surface area contributed by atoms with E-state index >= 15 is 0 Å². The molecular formula is C17H26OS. The summed E-state index contributed by atoms with van der Waals surface area (Å²) in [5.74, 6) is 0.610. The standard InChI is InChI=1S/C17H26OS/c1-17(2,3)16-10-9-15(19-16)11-14(12-18)13-7-5-4-6-8-13/h9-11,13,18H,4-8,12H2,1-3H3/b14-11-. The fraction of sp³-hybridized carbons (Fsp3) is 0.647. The maximum Gasteiger partial charge on any atom is 0.0648 e. The van der Waals surface area contributed by atoms with Crippen LogP contribution in [0.1, 0.15) is 62.6 Å². The van der Waals surface area contributed by atoms with Gasteiger partial charge >= 0.3 is 0 Å². The van der Waals surface area contributed by atoms with Crippen LogP contribution in [0.4, 0.5) is 0 Å². The summed E-state index contributed by atoms with van der Waals surface area (Å²) in [6.45, 7) is 6.97. The van der Waals surface area contributed by atoms with Gasteiger partial charge in [0.2, 0.25) is 0 Å². The second-order valence-corrected chi connectivity index (χ2v) is 7.78. The van der Waals surface area contributed by atoms with Crippen molar-refractivity contribution in [2.24, 2.45) is 5.92 Å². The molecule has 1 aromatic heterocycles. The van der Waals surface area contributed by atoms with Crippen LogP contribution in [0.5, 0.6) is 0 Å². The van der Waals surface area contributed by atoms with Gasteiger partial charge in [-0.1, -0.05) is 40.0 Å². The van der Waals surface area contributed by atoms with Gasteiger partial charge in [0.1, 0.15) is 0 Å². The minimum Gasteiger partial charge on any atom is -0.392 e. The summed E-state index contributed by atoms with van der Waals surface area (Å²) in [5.41, 5.74) is 1.46. The highest BCUT2D eigenvalue weighted by Crippen LogP contribution is 2.34. The van der Waals surface area contributed by atoms with Crippen molar-refractivity contribution in [1.29, 1.82) is 0 Å². The fourth-order valence-corrected chi connectivity index (χ4v) is 3.82. The molecule has 0 aliphatic heterocycles. The van der Waals surface area contributed by atoms with Crippen molar-refractivity contribution in [2.75, 3.05) is 6.61 Å². The summed E-state index contributed by atoms with van der Waals surface area (Å²) in [6, 6.07) is 4.43. The quantitative estimate of drug-likeness (QED) is 0.824. The number of hydrogen-bond acceptors (Lipinski definition) is 2. The molecule has 1 aliphatic carbocycles. The van der Waals surface area contributed by atoms with Gasteiger partial charge in [0.25, 0.3) is 0 Å². The number of aliphatic hydroxyl groups excluding tert-OH is 1. The van der Waals surface area contributed by atoms with Crippen molar-refractivity contribution in [1.82, 2.24) is 0 Å². The normalized spacial score (nSPS) is 18.8. The van der Waals surface area contributed by atoms with Gasteiger partial charge in [0.15, 0.2) is 0 Å². The molecule has 2 heteroatoms. The van der Waals surface area contributed by atoms with E-state index in [9.17, 15) is 5.11 Å². The minimum absolute atomic E-state index is 0.216.